The second-order valence-electron chi connectivity index (χ2n) is 5.87. The molecule has 1 aliphatic carbocycles. The first kappa shape index (κ1) is 14.7. The maximum Gasteiger partial charge on any atom is 0.318 e. The Balaban J connectivity index is 1.45. The van der Waals surface area contributed by atoms with Gasteiger partial charge in [0.1, 0.15) is 0 Å². The van der Waals surface area contributed by atoms with Crippen molar-refractivity contribution in [1.29, 1.82) is 0 Å². The third-order valence-electron chi connectivity index (χ3n) is 4.26. The number of para-hydroxylation sites is 1. The molecule has 0 bridgehead atoms. The largest absolute Gasteiger partial charge is 0.361 e. The molecule has 1 heterocycles. The highest BCUT2D eigenvalue weighted by Gasteiger charge is 2.06. The third kappa shape index (κ3) is 3.70. The fourth-order valence-electron chi connectivity index (χ4n) is 3.02. The molecule has 3 N–H and O–H groups in total. The van der Waals surface area contributed by atoms with Crippen molar-refractivity contribution in [2.45, 2.75) is 38.5 Å². The van der Waals surface area contributed by atoms with Crippen molar-refractivity contribution in [1.82, 2.24) is 15.6 Å². The van der Waals surface area contributed by atoms with Crippen molar-refractivity contribution in [3.05, 3.63) is 47.8 Å². The average Bonchev–Trinajstić information content (AvgIpc) is 2.97. The molecule has 116 valence electrons. The van der Waals surface area contributed by atoms with Crippen LogP contribution in [0, 0.1) is 0 Å². The summed E-state index contributed by atoms with van der Waals surface area (Å²) in [5, 5.41) is 7.00. The van der Waals surface area contributed by atoms with Crippen LogP contribution in [0.5, 0.6) is 0 Å². The summed E-state index contributed by atoms with van der Waals surface area (Å²) < 4.78 is 0. The van der Waals surface area contributed by atoms with E-state index in [-0.39, 0.29) is 6.03 Å². The number of benzene rings is 1. The van der Waals surface area contributed by atoms with Gasteiger partial charge in [0.05, 0.1) is 0 Å². The second-order valence-corrected chi connectivity index (χ2v) is 5.87. The molecular formula is C18H23N3O. The Morgan fingerprint density at radius 1 is 1.18 bits per heavy atom. The molecule has 1 aliphatic rings. The Hall–Kier alpha value is -2.23. The Morgan fingerprint density at radius 2 is 2.00 bits per heavy atom. The van der Waals surface area contributed by atoms with Gasteiger partial charge in [-0.1, -0.05) is 30.2 Å². The van der Waals surface area contributed by atoms with Crippen molar-refractivity contribution in [3.63, 3.8) is 0 Å². The van der Waals surface area contributed by atoms with Gasteiger partial charge in [-0.15, -0.1) is 0 Å². The molecule has 2 amide bonds. The van der Waals surface area contributed by atoms with E-state index >= 15 is 0 Å². The van der Waals surface area contributed by atoms with Crippen LogP contribution in [0.15, 0.2) is 42.2 Å². The van der Waals surface area contributed by atoms with E-state index in [0.29, 0.717) is 6.54 Å². The predicted molar refractivity (Wildman–Crippen MR) is 89.7 cm³/mol. The lowest BCUT2D eigenvalue weighted by molar-refractivity contribution is 0.244. The molecular weight excluding hydrogens is 274 g/mol. The molecule has 1 aromatic heterocycles. The van der Waals surface area contributed by atoms with Gasteiger partial charge in [-0.2, -0.15) is 0 Å². The number of aromatic amines is 1. The molecule has 0 saturated heterocycles. The Labute approximate surface area is 131 Å². The normalized spacial score (nSPS) is 14.8. The summed E-state index contributed by atoms with van der Waals surface area (Å²) in [5.41, 5.74) is 3.74. The lowest BCUT2D eigenvalue weighted by atomic mass is 9.96. The zero-order valence-electron chi connectivity index (χ0n) is 12.8. The number of urea groups is 1. The van der Waals surface area contributed by atoms with E-state index in [1.165, 1.54) is 35.8 Å². The Bertz CT molecular complexity index is 664. The Morgan fingerprint density at radius 3 is 2.86 bits per heavy atom. The molecule has 3 rings (SSSR count). The monoisotopic (exact) mass is 297 g/mol. The fraction of sp³-hybridized carbons (Fsp3) is 0.389. The number of hydrogen-bond donors (Lipinski definition) is 3. The smallest absolute Gasteiger partial charge is 0.318 e. The summed E-state index contributed by atoms with van der Waals surface area (Å²) in [6, 6.07) is 8.12. The number of rotatable bonds is 4. The van der Waals surface area contributed by atoms with E-state index in [1.54, 1.807) is 0 Å². The minimum atomic E-state index is -0.113. The standard InChI is InChI=1S/C18H23N3O/c22-18(21-12-14-6-2-1-3-7-14)19-11-10-15-13-20-17-9-5-4-8-16(15)17/h4-5,8-9,12-13,20H,1-3,6-7,10-11H2,(H2,19,21,22). The first-order chi connectivity index (χ1) is 10.8. The number of nitrogens with one attached hydrogen (secondary N) is 3. The number of aromatic nitrogens is 1. The van der Waals surface area contributed by atoms with Crippen molar-refractivity contribution < 1.29 is 4.79 Å². The number of H-pyrrole nitrogens is 1. The zero-order chi connectivity index (χ0) is 15.2. The molecule has 0 unspecified atom stereocenters. The predicted octanol–water partition coefficient (Wildman–Crippen LogP) is 3.86. The van der Waals surface area contributed by atoms with Crippen LogP contribution in [0.25, 0.3) is 10.9 Å². The highest BCUT2D eigenvalue weighted by molar-refractivity contribution is 5.83. The van der Waals surface area contributed by atoms with Gasteiger partial charge < -0.3 is 15.6 Å². The molecule has 1 saturated carbocycles. The maximum atomic E-state index is 11.8. The van der Waals surface area contributed by atoms with Crippen molar-refractivity contribution >= 4 is 16.9 Å². The summed E-state index contributed by atoms with van der Waals surface area (Å²) in [7, 11) is 0. The number of amides is 2. The van der Waals surface area contributed by atoms with Gasteiger partial charge in [0.2, 0.25) is 0 Å². The number of fused-ring (bicyclic) bond motifs is 1. The first-order valence-corrected chi connectivity index (χ1v) is 8.10. The SMILES string of the molecule is O=C(NC=C1CCCCC1)NCCc1c[nH]c2ccccc12. The maximum absolute atomic E-state index is 11.8. The van der Waals surface area contributed by atoms with Crippen LogP contribution in [0.3, 0.4) is 0 Å². The summed E-state index contributed by atoms with van der Waals surface area (Å²) in [6.45, 7) is 0.636. The van der Waals surface area contributed by atoms with Gasteiger partial charge in [-0.05, 0) is 43.7 Å². The van der Waals surface area contributed by atoms with Gasteiger partial charge in [-0.3, -0.25) is 0 Å². The van der Waals surface area contributed by atoms with Gasteiger partial charge in [0, 0.05) is 29.8 Å². The van der Waals surface area contributed by atoms with Gasteiger partial charge in [0.15, 0.2) is 0 Å². The quantitative estimate of drug-likeness (QED) is 0.788. The van der Waals surface area contributed by atoms with Crippen LogP contribution in [-0.2, 0) is 6.42 Å². The van der Waals surface area contributed by atoms with Crippen LogP contribution in [-0.4, -0.2) is 17.6 Å². The van der Waals surface area contributed by atoms with Crippen LogP contribution in [0.2, 0.25) is 0 Å². The molecule has 4 nitrogen and oxygen atoms in total. The van der Waals surface area contributed by atoms with Crippen LogP contribution in [0.1, 0.15) is 37.7 Å². The topological polar surface area (TPSA) is 56.9 Å². The average molecular weight is 297 g/mol. The lowest BCUT2D eigenvalue weighted by Gasteiger charge is -2.13. The molecule has 4 heteroatoms. The third-order valence-corrected chi connectivity index (χ3v) is 4.26. The molecule has 1 fully saturated rings. The number of hydrogen-bond acceptors (Lipinski definition) is 1. The van der Waals surface area contributed by atoms with E-state index in [1.807, 2.05) is 24.5 Å². The summed E-state index contributed by atoms with van der Waals surface area (Å²) in [6.07, 6.45) is 10.8. The van der Waals surface area contributed by atoms with E-state index in [0.717, 1.165) is 24.8 Å². The summed E-state index contributed by atoms with van der Waals surface area (Å²) in [4.78, 5) is 15.1. The number of allylic oxidation sites excluding steroid dienone is 1. The molecule has 1 aromatic carbocycles. The van der Waals surface area contributed by atoms with Crippen LogP contribution in [0.4, 0.5) is 4.79 Å². The molecule has 2 aromatic rings. The minimum Gasteiger partial charge on any atom is -0.361 e. The van der Waals surface area contributed by atoms with Gasteiger partial charge >= 0.3 is 6.03 Å². The summed E-state index contributed by atoms with van der Waals surface area (Å²) >= 11 is 0. The summed E-state index contributed by atoms with van der Waals surface area (Å²) in [5.74, 6) is 0. The van der Waals surface area contributed by atoms with Crippen molar-refractivity contribution in [3.8, 4) is 0 Å². The Kier molecular flexibility index (Phi) is 4.78. The zero-order valence-corrected chi connectivity index (χ0v) is 12.8. The molecule has 0 spiro atoms. The van der Waals surface area contributed by atoms with Crippen LogP contribution < -0.4 is 10.6 Å². The van der Waals surface area contributed by atoms with Gasteiger partial charge in [-0.25, -0.2) is 4.79 Å². The molecule has 0 radical (unpaired) electrons. The van der Waals surface area contributed by atoms with Crippen molar-refractivity contribution in [2.75, 3.05) is 6.54 Å². The lowest BCUT2D eigenvalue weighted by Crippen LogP contribution is -2.33. The first-order valence-electron chi connectivity index (χ1n) is 8.10. The highest BCUT2D eigenvalue weighted by Crippen LogP contribution is 2.21. The number of carbonyl (C=O) groups excluding carboxylic acids is 1. The molecule has 0 aliphatic heterocycles. The molecule has 22 heavy (non-hydrogen) atoms. The fourth-order valence-corrected chi connectivity index (χ4v) is 3.02. The minimum absolute atomic E-state index is 0.113. The van der Waals surface area contributed by atoms with E-state index in [9.17, 15) is 4.79 Å². The van der Waals surface area contributed by atoms with E-state index in [2.05, 4.69) is 27.8 Å². The van der Waals surface area contributed by atoms with E-state index < -0.39 is 0 Å². The highest BCUT2D eigenvalue weighted by atomic mass is 16.2. The molecule has 0 atom stereocenters. The van der Waals surface area contributed by atoms with Gasteiger partial charge in [0.25, 0.3) is 0 Å². The second kappa shape index (κ2) is 7.16. The number of carbonyl (C=O) groups is 1. The van der Waals surface area contributed by atoms with Crippen molar-refractivity contribution in [2.24, 2.45) is 0 Å². The van der Waals surface area contributed by atoms with E-state index in [4.69, 9.17) is 0 Å². The van der Waals surface area contributed by atoms with Crippen LogP contribution >= 0.6 is 0 Å².